The van der Waals surface area contributed by atoms with Gasteiger partial charge in [-0.15, -0.1) is 0 Å². The third kappa shape index (κ3) is 4.48. The maximum atomic E-state index is 3.47. The maximum absolute atomic E-state index is 3.47. The zero-order valence-electron chi connectivity index (χ0n) is 10.4. The molecule has 0 unspecified atom stereocenters. The fourth-order valence-electron chi connectivity index (χ4n) is 1.58. The van der Waals surface area contributed by atoms with Gasteiger partial charge in [-0.05, 0) is 56.0 Å². The van der Waals surface area contributed by atoms with Crippen LogP contribution in [0.2, 0.25) is 0 Å². The summed E-state index contributed by atoms with van der Waals surface area (Å²) in [6.07, 6.45) is 1.13. The second-order valence-corrected chi connectivity index (χ2v) is 4.77. The van der Waals surface area contributed by atoms with Gasteiger partial charge in [0.1, 0.15) is 0 Å². The van der Waals surface area contributed by atoms with Crippen molar-refractivity contribution >= 4 is 0 Å². The van der Waals surface area contributed by atoms with Gasteiger partial charge in [0, 0.05) is 0 Å². The molecule has 0 aliphatic heterocycles. The molecule has 0 bridgehead atoms. The molecule has 0 aromatic heterocycles. The highest BCUT2D eigenvalue weighted by atomic mass is 14.8. The van der Waals surface area contributed by atoms with Crippen molar-refractivity contribution in [3.05, 3.63) is 34.9 Å². The van der Waals surface area contributed by atoms with Gasteiger partial charge in [-0.3, -0.25) is 0 Å². The van der Waals surface area contributed by atoms with Gasteiger partial charge in [0.2, 0.25) is 0 Å². The van der Waals surface area contributed by atoms with E-state index in [2.05, 4.69) is 51.2 Å². The zero-order valence-corrected chi connectivity index (χ0v) is 10.4. The van der Waals surface area contributed by atoms with Crippen LogP contribution in [0.3, 0.4) is 0 Å². The van der Waals surface area contributed by atoms with Crippen LogP contribution in [0, 0.1) is 19.8 Å². The Labute approximate surface area is 93.9 Å². The molecule has 84 valence electrons. The van der Waals surface area contributed by atoms with Crippen LogP contribution >= 0.6 is 0 Å². The molecule has 0 radical (unpaired) electrons. The van der Waals surface area contributed by atoms with Gasteiger partial charge in [0.25, 0.3) is 0 Å². The lowest BCUT2D eigenvalue weighted by Crippen LogP contribution is -2.22. The van der Waals surface area contributed by atoms with Crippen molar-refractivity contribution in [2.24, 2.45) is 5.92 Å². The Balaban J connectivity index is 2.35. The van der Waals surface area contributed by atoms with E-state index in [1.807, 2.05) is 0 Å². The first-order valence-electron chi connectivity index (χ1n) is 5.86. The highest BCUT2D eigenvalue weighted by Gasteiger charge is 1.97. The van der Waals surface area contributed by atoms with Crippen LogP contribution in [-0.4, -0.2) is 13.1 Å². The largest absolute Gasteiger partial charge is 0.316 e. The molecule has 0 fully saturated rings. The monoisotopic (exact) mass is 205 g/mol. The summed E-state index contributed by atoms with van der Waals surface area (Å²) >= 11 is 0. The molecule has 0 saturated heterocycles. The van der Waals surface area contributed by atoms with Crippen molar-refractivity contribution in [1.29, 1.82) is 0 Å². The highest BCUT2D eigenvalue weighted by molar-refractivity contribution is 5.29. The van der Waals surface area contributed by atoms with Crippen LogP contribution in [-0.2, 0) is 6.42 Å². The van der Waals surface area contributed by atoms with Crippen molar-refractivity contribution in [3.63, 3.8) is 0 Å². The van der Waals surface area contributed by atoms with Gasteiger partial charge >= 0.3 is 0 Å². The normalized spacial score (nSPS) is 11.0. The van der Waals surface area contributed by atoms with Crippen molar-refractivity contribution in [3.8, 4) is 0 Å². The van der Waals surface area contributed by atoms with Crippen molar-refractivity contribution in [1.82, 2.24) is 5.32 Å². The summed E-state index contributed by atoms with van der Waals surface area (Å²) in [4.78, 5) is 0. The standard InChI is InChI=1S/C14H23N/c1-11(2)10-15-8-7-14-6-5-12(3)13(4)9-14/h5-6,9,11,15H,7-8,10H2,1-4H3. The van der Waals surface area contributed by atoms with Gasteiger partial charge in [0.15, 0.2) is 0 Å². The first-order valence-corrected chi connectivity index (χ1v) is 5.86. The van der Waals surface area contributed by atoms with E-state index in [4.69, 9.17) is 0 Å². The Bertz CT molecular complexity index is 302. The zero-order chi connectivity index (χ0) is 11.3. The summed E-state index contributed by atoms with van der Waals surface area (Å²) in [7, 11) is 0. The van der Waals surface area contributed by atoms with E-state index in [-0.39, 0.29) is 0 Å². The molecule has 1 N–H and O–H groups in total. The van der Waals surface area contributed by atoms with Gasteiger partial charge < -0.3 is 5.32 Å². The topological polar surface area (TPSA) is 12.0 Å². The Kier molecular flexibility index (Phi) is 4.83. The predicted molar refractivity (Wildman–Crippen MR) is 67.3 cm³/mol. The number of benzene rings is 1. The summed E-state index contributed by atoms with van der Waals surface area (Å²) in [6, 6.07) is 6.75. The summed E-state index contributed by atoms with van der Waals surface area (Å²) in [6.45, 7) is 11.0. The predicted octanol–water partition coefficient (Wildman–Crippen LogP) is 3.09. The molecule has 1 heteroatoms. The van der Waals surface area contributed by atoms with Gasteiger partial charge in [0.05, 0.1) is 0 Å². The Morgan fingerprint density at radius 1 is 1.13 bits per heavy atom. The van der Waals surface area contributed by atoms with E-state index >= 15 is 0 Å². The lowest BCUT2D eigenvalue weighted by atomic mass is 10.0. The third-order valence-electron chi connectivity index (χ3n) is 2.71. The molecular weight excluding hydrogens is 182 g/mol. The number of hydrogen-bond donors (Lipinski definition) is 1. The van der Waals surface area contributed by atoms with Gasteiger partial charge in [-0.2, -0.15) is 0 Å². The lowest BCUT2D eigenvalue weighted by Gasteiger charge is -2.08. The molecule has 0 amide bonds. The molecule has 0 aliphatic rings. The first kappa shape index (κ1) is 12.3. The second-order valence-electron chi connectivity index (χ2n) is 4.77. The van der Waals surface area contributed by atoms with E-state index in [1.54, 1.807) is 0 Å². The quantitative estimate of drug-likeness (QED) is 0.728. The molecule has 0 aliphatic carbocycles. The average molecular weight is 205 g/mol. The first-order chi connectivity index (χ1) is 7.09. The number of rotatable bonds is 5. The van der Waals surface area contributed by atoms with Crippen molar-refractivity contribution in [2.75, 3.05) is 13.1 Å². The average Bonchev–Trinajstić information content (AvgIpc) is 2.18. The van der Waals surface area contributed by atoms with Crippen LogP contribution in [0.15, 0.2) is 18.2 Å². The number of hydrogen-bond acceptors (Lipinski definition) is 1. The molecular formula is C14H23N. The van der Waals surface area contributed by atoms with Crippen molar-refractivity contribution in [2.45, 2.75) is 34.1 Å². The van der Waals surface area contributed by atoms with E-state index in [9.17, 15) is 0 Å². The smallest absolute Gasteiger partial charge is 0.000824 e. The minimum atomic E-state index is 0.741. The molecule has 0 heterocycles. The minimum Gasteiger partial charge on any atom is -0.316 e. The summed E-state index contributed by atoms with van der Waals surface area (Å²) in [5.74, 6) is 0.741. The van der Waals surface area contributed by atoms with Gasteiger partial charge in [-0.1, -0.05) is 32.0 Å². The minimum absolute atomic E-state index is 0.741. The third-order valence-corrected chi connectivity index (χ3v) is 2.71. The van der Waals surface area contributed by atoms with E-state index in [0.29, 0.717) is 0 Å². The summed E-state index contributed by atoms with van der Waals surface area (Å²) in [5, 5.41) is 3.47. The molecule has 1 aromatic rings. The molecule has 0 atom stereocenters. The van der Waals surface area contributed by atoms with Crippen molar-refractivity contribution < 1.29 is 0 Å². The SMILES string of the molecule is Cc1ccc(CCNCC(C)C)cc1C. The Hall–Kier alpha value is -0.820. The Morgan fingerprint density at radius 3 is 2.47 bits per heavy atom. The molecule has 1 aromatic carbocycles. The molecule has 1 rings (SSSR count). The molecule has 0 spiro atoms. The lowest BCUT2D eigenvalue weighted by molar-refractivity contribution is 0.554. The number of aryl methyl sites for hydroxylation is 2. The molecule has 15 heavy (non-hydrogen) atoms. The highest BCUT2D eigenvalue weighted by Crippen LogP contribution is 2.09. The summed E-state index contributed by atoms with van der Waals surface area (Å²) in [5.41, 5.74) is 4.22. The van der Waals surface area contributed by atoms with Crippen LogP contribution in [0.25, 0.3) is 0 Å². The summed E-state index contributed by atoms with van der Waals surface area (Å²) < 4.78 is 0. The van der Waals surface area contributed by atoms with Gasteiger partial charge in [-0.25, -0.2) is 0 Å². The van der Waals surface area contributed by atoms with Crippen LogP contribution in [0.4, 0.5) is 0 Å². The fourth-order valence-corrected chi connectivity index (χ4v) is 1.58. The van der Waals surface area contributed by atoms with Crippen LogP contribution in [0.1, 0.15) is 30.5 Å². The Morgan fingerprint density at radius 2 is 1.87 bits per heavy atom. The number of nitrogens with one attached hydrogen (secondary N) is 1. The van der Waals surface area contributed by atoms with E-state index < -0.39 is 0 Å². The second kappa shape index (κ2) is 5.92. The molecule has 1 nitrogen and oxygen atoms in total. The maximum Gasteiger partial charge on any atom is -0.000824 e. The van der Waals surface area contributed by atoms with E-state index in [0.717, 1.165) is 25.4 Å². The fraction of sp³-hybridized carbons (Fsp3) is 0.571. The molecule has 0 saturated carbocycles. The van der Waals surface area contributed by atoms with Crippen LogP contribution < -0.4 is 5.32 Å². The van der Waals surface area contributed by atoms with Crippen LogP contribution in [0.5, 0.6) is 0 Å². The van der Waals surface area contributed by atoms with E-state index in [1.165, 1.54) is 16.7 Å².